The fourth-order valence-corrected chi connectivity index (χ4v) is 2.85. The molecule has 1 saturated carbocycles. The molecule has 4 N–H and O–H groups in total. The van der Waals surface area contributed by atoms with Gasteiger partial charge in [0.1, 0.15) is 0 Å². The lowest BCUT2D eigenvalue weighted by Gasteiger charge is -2.31. The third-order valence-corrected chi connectivity index (χ3v) is 4.23. The molecule has 5 nitrogen and oxygen atoms in total. The Hall–Kier alpha value is -1.17. The van der Waals surface area contributed by atoms with Crippen LogP contribution in [0.15, 0.2) is 0 Å². The molecule has 0 aromatic carbocycles. The van der Waals surface area contributed by atoms with Gasteiger partial charge in [-0.1, -0.05) is 38.9 Å². The second-order valence-electron chi connectivity index (χ2n) is 5.79. The third kappa shape index (κ3) is 5.26. The highest BCUT2D eigenvalue weighted by atomic mass is 32.1. The maximum Gasteiger partial charge on any atom is 0.233 e. The summed E-state index contributed by atoms with van der Waals surface area (Å²) in [6.45, 7) is 4.35. The Morgan fingerprint density at radius 2 is 1.81 bits per heavy atom. The number of nitrogens with one attached hydrogen (secondary N) is 2. The number of carbonyl (C=O) groups is 2. The van der Waals surface area contributed by atoms with Gasteiger partial charge in [0.15, 0.2) is 0 Å². The average molecular weight is 313 g/mol. The summed E-state index contributed by atoms with van der Waals surface area (Å²) >= 11 is 5.14. The standard InChI is InChI=1S/C15H27N3O2S/c1-3-8-15(9-4-2,13(16)21)14(20)17-10-7-12(19)18-11-5-6-11/h11H,3-10H2,1-2H3,(H2,16,21)(H,17,20)(H,18,19). The molecule has 0 heterocycles. The Morgan fingerprint density at radius 3 is 2.24 bits per heavy atom. The molecule has 0 aromatic heterocycles. The van der Waals surface area contributed by atoms with Crippen LogP contribution in [0.1, 0.15) is 58.8 Å². The van der Waals surface area contributed by atoms with E-state index in [2.05, 4.69) is 10.6 Å². The molecule has 0 aliphatic heterocycles. The minimum absolute atomic E-state index is 0.00953. The third-order valence-electron chi connectivity index (χ3n) is 3.84. The van der Waals surface area contributed by atoms with E-state index in [1.807, 2.05) is 13.8 Å². The Labute approximate surface area is 132 Å². The number of nitrogens with two attached hydrogens (primary N) is 1. The summed E-state index contributed by atoms with van der Waals surface area (Å²) in [6, 6.07) is 0.351. The second-order valence-corrected chi connectivity index (χ2v) is 6.23. The van der Waals surface area contributed by atoms with E-state index in [-0.39, 0.29) is 16.8 Å². The van der Waals surface area contributed by atoms with Crippen molar-refractivity contribution in [3.63, 3.8) is 0 Å². The number of hydrogen-bond acceptors (Lipinski definition) is 3. The molecule has 0 unspecified atom stereocenters. The summed E-state index contributed by atoms with van der Waals surface area (Å²) < 4.78 is 0. The second kappa shape index (κ2) is 8.32. The summed E-state index contributed by atoms with van der Waals surface area (Å²) in [5, 5.41) is 5.73. The molecule has 6 heteroatoms. The first-order chi connectivity index (χ1) is 9.96. The summed E-state index contributed by atoms with van der Waals surface area (Å²) in [4.78, 5) is 24.3. The van der Waals surface area contributed by atoms with Crippen molar-refractivity contribution in [3.05, 3.63) is 0 Å². The average Bonchev–Trinajstić information content (AvgIpc) is 3.21. The highest BCUT2D eigenvalue weighted by Gasteiger charge is 2.39. The lowest BCUT2D eigenvalue weighted by atomic mass is 9.78. The molecule has 0 radical (unpaired) electrons. The molecular formula is C15H27N3O2S. The van der Waals surface area contributed by atoms with Crippen LogP contribution in [0.5, 0.6) is 0 Å². The molecule has 0 atom stereocenters. The van der Waals surface area contributed by atoms with Gasteiger partial charge in [0, 0.05) is 19.0 Å². The summed E-state index contributed by atoms with van der Waals surface area (Å²) in [6.07, 6.45) is 5.41. The van der Waals surface area contributed by atoms with Crippen molar-refractivity contribution in [1.29, 1.82) is 0 Å². The van der Waals surface area contributed by atoms with Crippen molar-refractivity contribution >= 4 is 29.0 Å². The lowest BCUT2D eigenvalue weighted by Crippen LogP contribution is -2.49. The summed E-state index contributed by atoms with van der Waals surface area (Å²) in [7, 11) is 0. The van der Waals surface area contributed by atoms with Crippen molar-refractivity contribution in [3.8, 4) is 0 Å². The molecule has 120 valence electrons. The van der Waals surface area contributed by atoms with Crippen LogP contribution in [0.3, 0.4) is 0 Å². The first-order valence-corrected chi connectivity index (χ1v) is 8.24. The van der Waals surface area contributed by atoms with E-state index < -0.39 is 5.41 Å². The van der Waals surface area contributed by atoms with E-state index in [0.717, 1.165) is 25.7 Å². The van der Waals surface area contributed by atoms with Gasteiger partial charge in [0.05, 0.1) is 10.4 Å². The van der Waals surface area contributed by atoms with E-state index in [0.29, 0.717) is 31.8 Å². The van der Waals surface area contributed by atoms with Crippen LogP contribution in [0.4, 0.5) is 0 Å². The lowest BCUT2D eigenvalue weighted by molar-refractivity contribution is -0.128. The number of amides is 2. The van der Waals surface area contributed by atoms with Gasteiger partial charge in [-0.3, -0.25) is 9.59 Å². The Bertz CT molecular complexity index is 388. The van der Waals surface area contributed by atoms with E-state index in [1.165, 1.54) is 0 Å². The van der Waals surface area contributed by atoms with Gasteiger partial charge in [-0.25, -0.2) is 0 Å². The van der Waals surface area contributed by atoms with Gasteiger partial charge in [0.2, 0.25) is 11.8 Å². The largest absolute Gasteiger partial charge is 0.392 e. The zero-order valence-electron chi connectivity index (χ0n) is 13.0. The number of hydrogen-bond donors (Lipinski definition) is 3. The Balaban J connectivity index is 2.50. The molecular weight excluding hydrogens is 286 g/mol. The molecule has 1 aliphatic rings. The molecule has 1 rings (SSSR count). The van der Waals surface area contributed by atoms with Crippen LogP contribution in [-0.2, 0) is 9.59 Å². The predicted octanol–water partition coefficient (Wildman–Crippen LogP) is 1.64. The van der Waals surface area contributed by atoms with Crippen molar-refractivity contribution in [2.75, 3.05) is 6.54 Å². The van der Waals surface area contributed by atoms with Crippen LogP contribution in [-0.4, -0.2) is 29.4 Å². The van der Waals surface area contributed by atoms with Crippen LogP contribution in [0.25, 0.3) is 0 Å². The molecule has 2 amide bonds. The molecule has 1 aliphatic carbocycles. The highest BCUT2D eigenvalue weighted by Crippen LogP contribution is 2.30. The number of thiocarbonyl (C=S) groups is 1. The minimum Gasteiger partial charge on any atom is -0.392 e. The van der Waals surface area contributed by atoms with E-state index in [9.17, 15) is 9.59 Å². The number of rotatable bonds is 10. The summed E-state index contributed by atoms with van der Waals surface area (Å²) in [5.74, 6) is -0.150. The molecule has 21 heavy (non-hydrogen) atoms. The number of carbonyl (C=O) groups excluding carboxylic acids is 2. The first-order valence-electron chi connectivity index (χ1n) is 7.83. The van der Waals surface area contributed by atoms with Gasteiger partial charge in [0.25, 0.3) is 0 Å². The van der Waals surface area contributed by atoms with E-state index in [4.69, 9.17) is 18.0 Å². The Kier molecular flexibility index (Phi) is 7.08. The highest BCUT2D eigenvalue weighted by molar-refractivity contribution is 7.80. The SMILES string of the molecule is CCCC(CCC)(C(=O)NCCC(=O)NC1CC1)C(N)=S. The Morgan fingerprint density at radius 1 is 1.24 bits per heavy atom. The molecule has 1 fully saturated rings. The topological polar surface area (TPSA) is 84.2 Å². The molecule has 0 saturated heterocycles. The van der Waals surface area contributed by atoms with Gasteiger partial charge in [-0.05, 0) is 25.7 Å². The maximum absolute atomic E-state index is 12.5. The fourth-order valence-electron chi connectivity index (χ4n) is 2.55. The van der Waals surface area contributed by atoms with E-state index in [1.54, 1.807) is 0 Å². The van der Waals surface area contributed by atoms with Gasteiger partial charge in [-0.15, -0.1) is 0 Å². The first kappa shape index (κ1) is 17.9. The molecule has 0 bridgehead atoms. The van der Waals surface area contributed by atoms with Crippen molar-refractivity contribution in [2.24, 2.45) is 11.1 Å². The molecule has 0 spiro atoms. The molecule has 0 aromatic rings. The van der Waals surface area contributed by atoms with Crippen molar-refractivity contribution in [2.45, 2.75) is 64.8 Å². The van der Waals surface area contributed by atoms with Crippen molar-refractivity contribution in [1.82, 2.24) is 10.6 Å². The van der Waals surface area contributed by atoms with Crippen LogP contribution >= 0.6 is 12.2 Å². The van der Waals surface area contributed by atoms with E-state index >= 15 is 0 Å². The summed E-state index contributed by atoms with van der Waals surface area (Å²) in [5.41, 5.74) is 5.07. The van der Waals surface area contributed by atoms with Gasteiger partial charge < -0.3 is 16.4 Å². The minimum atomic E-state index is -0.772. The van der Waals surface area contributed by atoms with Gasteiger partial charge in [-0.2, -0.15) is 0 Å². The van der Waals surface area contributed by atoms with Crippen LogP contribution in [0, 0.1) is 5.41 Å². The zero-order chi connectivity index (χ0) is 15.9. The fraction of sp³-hybridized carbons (Fsp3) is 0.800. The van der Waals surface area contributed by atoms with Gasteiger partial charge >= 0.3 is 0 Å². The van der Waals surface area contributed by atoms with Crippen LogP contribution in [0.2, 0.25) is 0 Å². The van der Waals surface area contributed by atoms with Crippen LogP contribution < -0.4 is 16.4 Å². The predicted molar refractivity (Wildman–Crippen MR) is 87.8 cm³/mol. The maximum atomic E-state index is 12.5. The normalized spacial score (nSPS) is 14.6. The quantitative estimate of drug-likeness (QED) is 0.535. The monoisotopic (exact) mass is 313 g/mol. The zero-order valence-corrected chi connectivity index (χ0v) is 13.9. The smallest absolute Gasteiger partial charge is 0.233 e. The van der Waals surface area contributed by atoms with Crippen molar-refractivity contribution < 1.29 is 9.59 Å².